The predicted octanol–water partition coefficient (Wildman–Crippen LogP) is 7.68. The van der Waals surface area contributed by atoms with Gasteiger partial charge in [0.2, 0.25) is 0 Å². The smallest absolute Gasteiger partial charge is 0.348 e. The molecule has 7 heteroatoms. The lowest BCUT2D eigenvalue weighted by molar-refractivity contribution is 0.0730. The highest BCUT2D eigenvalue weighted by molar-refractivity contribution is 14.1. The average molecular weight is 730 g/mol. The Morgan fingerprint density at radius 2 is 1.28 bits per heavy atom. The van der Waals surface area contributed by atoms with E-state index < -0.39 is 5.97 Å². The second-order valence-electron chi connectivity index (χ2n) is 6.69. The number of rotatable bonds is 5. The molecule has 160 valence electrons. The van der Waals surface area contributed by atoms with Crippen molar-refractivity contribution in [1.82, 2.24) is 0 Å². The van der Waals surface area contributed by atoms with Crippen LogP contribution in [-0.4, -0.2) is 11.1 Å². The summed E-state index contributed by atoms with van der Waals surface area (Å²) in [6.07, 6.45) is 0. The van der Waals surface area contributed by atoms with Gasteiger partial charge in [0.05, 0.1) is 14.5 Å². The summed E-state index contributed by atoms with van der Waals surface area (Å²) in [5.41, 5.74) is 0.181. The number of phenols is 1. The molecule has 0 radical (unpaired) electrons. The molecule has 1 N–H and O–H groups in total. The molecule has 4 aromatic carbocycles. The van der Waals surface area contributed by atoms with Gasteiger partial charge in [0.25, 0.3) is 0 Å². The first-order chi connectivity index (χ1) is 15.4. The second kappa shape index (κ2) is 10.6. The average Bonchev–Trinajstić information content (AvgIpc) is 2.80. The highest BCUT2D eigenvalue weighted by Crippen LogP contribution is 2.33. The summed E-state index contributed by atoms with van der Waals surface area (Å²) in [5.74, 6) is -0.201. The molecule has 1 atom stereocenters. The Bertz CT molecular complexity index is 1250. The number of ether oxygens (including phenoxy) is 1. The van der Waals surface area contributed by atoms with Crippen molar-refractivity contribution in [3.05, 3.63) is 108 Å². The van der Waals surface area contributed by atoms with Gasteiger partial charge < -0.3 is 9.84 Å². The molecule has 0 aliphatic rings. The van der Waals surface area contributed by atoms with Gasteiger partial charge in [-0.1, -0.05) is 34.1 Å². The van der Waals surface area contributed by atoms with E-state index in [0.717, 1.165) is 9.37 Å². The number of esters is 1. The fourth-order valence-corrected chi connectivity index (χ4v) is 6.50. The zero-order chi connectivity index (χ0) is 22.7. The second-order valence-corrected chi connectivity index (χ2v) is 12.0. The summed E-state index contributed by atoms with van der Waals surface area (Å²) >= 11 is 7.52. The van der Waals surface area contributed by atoms with Crippen molar-refractivity contribution in [2.75, 3.05) is 0 Å². The van der Waals surface area contributed by atoms with Gasteiger partial charge in [-0.25, -0.2) is 4.79 Å². The van der Waals surface area contributed by atoms with Gasteiger partial charge in [0.1, 0.15) is 17.1 Å². The van der Waals surface area contributed by atoms with Crippen LogP contribution in [0, 0.1) is 7.14 Å². The Labute approximate surface area is 225 Å². The molecule has 0 bridgehead atoms. The molecule has 1 unspecified atom stereocenters. The number of halogens is 3. The first-order valence-electron chi connectivity index (χ1n) is 9.48. The van der Waals surface area contributed by atoms with E-state index in [1.165, 1.54) is 9.79 Å². The molecule has 4 rings (SSSR count). The summed E-state index contributed by atoms with van der Waals surface area (Å²) in [6.45, 7) is 0. The van der Waals surface area contributed by atoms with Gasteiger partial charge in [-0.2, -0.15) is 0 Å². The van der Waals surface area contributed by atoms with Crippen LogP contribution >= 0.6 is 61.1 Å². The quantitative estimate of drug-likeness (QED) is 0.0993. The molecule has 0 saturated carbocycles. The normalized spacial score (nSPS) is 11.7. The highest BCUT2D eigenvalue weighted by Gasteiger charge is 2.28. The van der Waals surface area contributed by atoms with Gasteiger partial charge in [0.15, 0.2) is 14.7 Å². The summed E-state index contributed by atoms with van der Waals surface area (Å²) in [6, 6.07) is 29.8. The van der Waals surface area contributed by atoms with Crippen LogP contribution in [0.3, 0.4) is 0 Å². The van der Waals surface area contributed by atoms with Crippen molar-refractivity contribution < 1.29 is 14.6 Å². The van der Waals surface area contributed by atoms with Gasteiger partial charge >= 0.3 is 5.97 Å². The van der Waals surface area contributed by atoms with Crippen LogP contribution in [0.5, 0.6) is 11.5 Å². The number of carbonyl (C=O) groups excluding carboxylic acids is 1. The Kier molecular flexibility index (Phi) is 7.80. The first kappa shape index (κ1) is 23.6. The number of benzene rings is 4. The lowest BCUT2D eigenvalue weighted by Crippen LogP contribution is -2.11. The standard InChI is InChI=1S/C25H15BrI2O3S/c26-16-6-10-19(11-7-16)32(18-4-2-1-3-5-18)20-12-8-17(9-13-20)31-25(30)23-21(27)14-15-22(28)24(23)29/h1-15H/p+1. The van der Waals surface area contributed by atoms with E-state index in [1.807, 2.05) is 87.6 Å². The van der Waals surface area contributed by atoms with Crippen molar-refractivity contribution in [3.8, 4) is 11.5 Å². The molecular formula is C25H16BrI2O3S+. The molecule has 4 aromatic rings. The number of hydrogen-bond donors (Lipinski definition) is 1. The molecule has 0 spiro atoms. The molecule has 0 aliphatic carbocycles. The van der Waals surface area contributed by atoms with E-state index in [4.69, 9.17) is 4.74 Å². The lowest BCUT2D eigenvalue weighted by atomic mass is 10.2. The fraction of sp³-hybridized carbons (Fsp3) is 0. The summed E-state index contributed by atoms with van der Waals surface area (Å²) < 4.78 is 7.85. The van der Waals surface area contributed by atoms with Crippen molar-refractivity contribution in [2.24, 2.45) is 0 Å². The predicted molar refractivity (Wildman–Crippen MR) is 148 cm³/mol. The zero-order valence-electron chi connectivity index (χ0n) is 16.5. The largest absolute Gasteiger partial charge is 0.506 e. The zero-order valence-corrected chi connectivity index (χ0v) is 23.2. The first-order valence-corrected chi connectivity index (χ1v) is 13.7. The number of phenolic OH excluding ortho intramolecular Hbond substituents is 1. The maximum atomic E-state index is 12.7. The Hall–Kier alpha value is -1.56. The van der Waals surface area contributed by atoms with Crippen molar-refractivity contribution in [3.63, 3.8) is 0 Å². The number of hydrogen-bond acceptors (Lipinski definition) is 3. The molecular weight excluding hydrogens is 714 g/mol. The maximum absolute atomic E-state index is 12.7. The van der Waals surface area contributed by atoms with Gasteiger partial charge in [-0.15, -0.1) is 0 Å². The SMILES string of the molecule is O=C(Oc1ccc([S+](c2ccccc2)c2ccc(Br)cc2)cc1)c1c(I)ccc(I)c1O. The van der Waals surface area contributed by atoms with Crippen molar-refractivity contribution in [1.29, 1.82) is 0 Å². The summed E-state index contributed by atoms with van der Waals surface area (Å²) in [7, 11) is -0.294. The molecule has 0 saturated heterocycles. The molecule has 0 heterocycles. The van der Waals surface area contributed by atoms with Crippen LogP contribution in [0.2, 0.25) is 0 Å². The highest BCUT2D eigenvalue weighted by atomic mass is 127. The molecule has 32 heavy (non-hydrogen) atoms. The third-order valence-corrected chi connectivity index (χ3v) is 9.11. The topological polar surface area (TPSA) is 46.5 Å². The monoisotopic (exact) mass is 729 g/mol. The van der Waals surface area contributed by atoms with Crippen LogP contribution < -0.4 is 4.74 Å². The van der Waals surface area contributed by atoms with Crippen LogP contribution in [0.25, 0.3) is 0 Å². The third-order valence-electron chi connectivity index (χ3n) is 4.58. The van der Waals surface area contributed by atoms with Gasteiger partial charge in [-0.3, -0.25) is 0 Å². The van der Waals surface area contributed by atoms with Crippen LogP contribution in [0.4, 0.5) is 0 Å². The van der Waals surface area contributed by atoms with E-state index in [9.17, 15) is 9.90 Å². The van der Waals surface area contributed by atoms with Gasteiger partial charge in [0, 0.05) is 8.04 Å². The minimum atomic E-state index is -0.576. The third kappa shape index (κ3) is 5.32. The minimum absolute atomic E-state index is 0.0556. The van der Waals surface area contributed by atoms with E-state index in [1.54, 1.807) is 24.3 Å². The van der Waals surface area contributed by atoms with Crippen LogP contribution in [0.1, 0.15) is 10.4 Å². The fourth-order valence-electron chi connectivity index (χ4n) is 3.07. The molecule has 0 aliphatic heterocycles. The number of aromatic hydroxyl groups is 1. The lowest BCUT2D eigenvalue weighted by Gasteiger charge is -2.11. The molecule has 0 amide bonds. The molecule has 3 nitrogen and oxygen atoms in total. The molecule has 0 fully saturated rings. The summed E-state index contributed by atoms with van der Waals surface area (Å²) in [5, 5.41) is 10.3. The van der Waals surface area contributed by atoms with E-state index in [0.29, 0.717) is 12.9 Å². The Morgan fingerprint density at radius 1 is 0.750 bits per heavy atom. The van der Waals surface area contributed by atoms with Crippen LogP contribution in [0.15, 0.2) is 110 Å². The molecule has 0 aromatic heterocycles. The van der Waals surface area contributed by atoms with E-state index in [-0.39, 0.29) is 22.2 Å². The van der Waals surface area contributed by atoms with Crippen molar-refractivity contribution >= 4 is 78.0 Å². The van der Waals surface area contributed by atoms with Crippen molar-refractivity contribution in [2.45, 2.75) is 14.7 Å². The maximum Gasteiger partial charge on any atom is 0.348 e. The van der Waals surface area contributed by atoms with E-state index >= 15 is 0 Å². The van der Waals surface area contributed by atoms with Crippen LogP contribution in [-0.2, 0) is 10.9 Å². The Balaban J connectivity index is 1.63. The summed E-state index contributed by atoms with van der Waals surface area (Å²) in [4.78, 5) is 16.2. The van der Waals surface area contributed by atoms with Gasteiger partial charge in [-0.05, 0) is 118 Å². The minimum Gasteiger partial charge on any atom is -0.506 e. The number of carbonyl (C=O) groups is 1. The Morgan fingerprint density at radius 3 is 1.91 bits per heavy atom. The van der Waals surface area contributed by atoms with E-state index in [2.05, 4.69) is 40.2 Å².